The lowest BCUT2D eigenvalue weighted by molar-refractivity contribution is -0.143. The van der Waals surface area contributed by atoms with Gasteiger partial charge in [0.2, 0.25) is 11.8 Å². The number of carbonyl (C=O) groups is 2. The smallest absolute Gasteiger partial charge is 0.245 e. The Bertz CT molecular complexity index is 251. The van der Waals surface area contributed by atoms with Crippen LogP contribution in [0.2, 0.25) is 0 Å². The van der Waals surface area contributed by atoms with Crippen LogP contribution in [0.1, 0.15) is 34.1 Å². The van der Waals surface area contributed by atoms with Gasteiger partial charge in [-0.05, 0) is 19.3 Å². The quantitative estimate of drug-likeness (QED) is 0.713. The number of hydrogen-bond acceptors (Lipinski definition) is 2. The molecule has 0 bridgehead atoms. The highest BCUT2D eigenvalue weighted by atomic mass is 16.2. The third kappa shape index (κ3) is 4.21. The summed E-state index contributed by atoms with van der Waals surface area (Å²) in [6, 6.07) is -0.331. The van der Waals surface area contributed by atoms with Crippen LogP contribution in [-0.4, -0.2) is 48.3 Å². The van der Waals surface area contributed by atoms with Gasteiger partial charge in [-0.3, -0.25) is 9.59 Å². The van der Waals surface area contributed by atoms with E-state index >= 15 is 0 Å². The third-order valence-corrected chi connectivity index (χ3v) is 2.79. The Kier molecular flexibility index (Phi) is 6.08. The number of carbonyl (C=O) groups excluding carboxylic acids is 2. The minimum absolute atomic E-state index is 0.0221. The molecule has 1 unspecified atom stereocenters. The number of likely N-dealkylation sites (N-methyl/N-ethyl adjacent to an activating group) is 2. The number of rotatable bonds is 5. The largest absolute Gasteiger partial charge is 0.344 e. The van der Waals surface area contributed by atoms with Crippen molar-refractivity contribution in [2.24, 2.45) is 5.92 Å². The molecule has 4 nitrogen and oxygen atoms in total. The monoisotopic (exact) mass is 228 g/mol. The molecule has 0 aliphatic carbocycles. The van der Waals surface area contributed by atoms with Crippen LogP contribution >= 0.6 is 0 Å². The van der Waals surface area contributed by atoms with Crippen LogP contribution in [0.5, 0.6) is 0 Å². The zero-order valence-electron chi connectivity index (χ0n) is 11.3. The van der Waals surface area contributed by atoms with Gasteiger partial charge >= 0.3 is 0 Å². The standard InChI is InChI=1S/C12H24N2O2/c1-7-13(5)12(16)11(8-9(2)3)14(6)10(4)15/h9,11H,7-8H2,1-6H3. The van der Waals surface area contributed by atoms with E-state index in [4.69, 9.17) is 0 Å². The van der Waals surface area contributed by atoms with E-state index in [9.17, 15) is 9.59 Å². The fourth-order valence-electron chi connectivity index (χ4n) is 1.50. The van der Waals surface area contributed by atoms with Gasteiger partial charge in [0.15, 0.2) is 0 Å². The minimum atomic E-state index is -0.331. The molecule has 0 heterocycles. The molecule has 1 atom stereocenters. The van der Waals surface area contributed by atoms with E-state index in [1.807, 2.05) is 6.92 Å². The van der Waals surface area contributed by atoms with Crippen LogP contribution < -0.4 is 0 Å². The van der Waals surface area contributed by atoms with Crippen molar-refractivity contribution in [1.82, 2.24) is 9.80 Å². The zero-order valence-corrected chi connectivity index (χ0v) is 11.3. The normalized spacial score (nSPS) is 12.4. The SMILES string of the molecule is CCN(C)C(=O)C(CC(C)C)N(C)C(C)=O. The van der Waals surface area contributed by atoms with Crippen molar-refractivity contribution in [3.8, 4) is 0 Å². The Balaban J connectivity index is 4.79. The van der Waals surface area contributed by atoms with Gasteiger partial charge in [0.25, 0.3) is 0 Å². The van der Waals surface area contributed by atoms with E-state index < -0.39 is 0 Å². The van der Waals surface area contributed by atoms with E-state index in [1.54, 1.807) is 19.0 Å². The predicted octanol–water partition coefficient (Wildman–Crippen LogP) is 1.36. The average molecular weight is 228 g/mol. The lowest BCUT2D eigenvalue weighted by Gasteiger charge is -2.30. The van der Waals surface area contributed by atoms with Gasteiger partial charge in [-0.15, -0.1) is 0 Å². The topological polar surface area (TPSA) is 40.6 Å². The molecule has 0 saturated heterocycles. The summed E-state index contributed by atoms with van der Waals surface area (Å²) in [6.45, 7) is 8.20. The second kappa shape index (κ2) is 6.51. The van der Waals surface area contributed by atoms with Gasteiger partial charge in [0.1, 0.15) is 6.04 Å². The number of amides is 2. The molecule has 0 aliphatic rings. The van der Waals surface area contributed by atoms with Gasteiger partial charge < -0.3 is 9.80 Å². The summed E-state index contributed by atoms with van der Waals surface area (Å²) < 4.78 is 0. The molecule has 0 rings (SSSR count). The summed E-state index contributed by atoms with van der Waals surface area (Å²) in [5, 5.41) is 0. The van der Waals surface area contributed by atoms with E-state index in [2.05, 4.69) is 13.8 Å². The Morgan fingerprint density at radius 2 is 1.69 bits per heavy atom. The first kappa shape index (κ1) is 14.9. The molecule has 0 aromatic carbocycles. The van der Waals surface area contributed by atoms with Crippen molar-refractivity contribution < 1.29 is 9.59 Å². The van der Waals surface area contributed by atoms with Crippen LogP contribution in [0.3, 0.4) is 0 Å². The number of hydrogen-bond donors (Lipinski definition) is 0. The van der Waals surface area contributed by atoms with Crippen LogP contribution in [0.15, 0.2) is 0 Å². The Morgan fingerprint density at radius 1 is 1.19 bits per heavy atom. The minimum Gasteiger partial charge on any atom is -0.344 e. The maximum atomic E-state index is 12.1. The maximum Gasteiger partial charge on any atom is 0.245 e. The summed E-state index contributed by atoms with van der Waals surface area (Å²) in [5.74, 6) is 0.346. The third-order valence-electron chi connectivity index (χ3n) is 2.79. The van der Waals surface area contributed by atoms with Crippen LogP contribution in [0.25, 0.3) is 0 Å². The highest BCUT2D eigenvalue weighted by Gasteiger charge is 2.27. The van der Waals surface area contributed by atoms with E-state index in [-0.39, 0.29) is 17.9 Å². The summed E-state index contributed by atoms with van der Waals surface area (Å²) in [7, 11) is 3.46. The van der Waals surface area contributed by atoms with Gasteiger partial charge in [0, 0.05) is 27.6 Å². The first-order chi connectivity index (χ1) is 7.31. The van der Waals surface area contributed by atoms with Gasteiger partial charge in [-0.1, -0.05) is 13.8 Å². The molecular weight excluding hydrogens is 204 g/mol. The van der Waals surface area contributed by atoms with Crippen LogP contribution in [0.4, 0.5) is 0 Å². The second-order valence-corrected chi connectivity index (χ2v) is 4.63. The molecule has 0 aromatic rings. The van der Waals surface area contributed by atoms with Gasteiger partial charge in [-0.2, -0.15) is 0 Å². The zero-order chi connectivity index (χ0) is 12.9. The molecule has 0 saturated carbocycles. The Morgan fingerprint density at radius 3 is 2.00 bits per heavy atom. The van der Waals surface area contributed by atoms with E-state index in [0.29, 0.717) is 18.9 Å². The molecule has 16 heavy (non-hydrogen) atoms. The molecule has 0 aliphatic heterocycles. The lowest BCUT2D eigenvalue weighted by Crippen LogP contribution is -2.48. The van der Waals surface area contributed by atoms with Crippen LogP contribution in [-0.2, 0) is 9.59 Å². The van der Waals surface area contributed by atoms with Gasteiger partial charge in [0.05, 0.1) is 0 Å². The average Bonchev–Trinajstić information content (AvgIpc) is 2.22. The molecule has 94 valence electrons. The molecule has 4 heteroatoms. The highest BCUT2D eigenvalue weighted by Crippen LogP contribution is 2.13. The summed E-state index contributed by atoms with van der Waals surface area (Å²) in [5.41, 5.74) is 0. The van der Waals surface area contributed by atoms with Crippen molar-refractivity contribution >= 4 is 11.8 Å². The summed E-state index contributed by atoms with van der Waals surface area (Å²) in [6.07, 6.45) is 0.708. The van der Waals surface area contributed by atoms with E-state index in [1.165, 1.54) is 11.8 Å². The molecule has 0 radical (unpaired) electrons. The molecule has 2 amide bonds. The van der Waals surface area contributed by atoms with Crippen molar-refractivity contribution in [2.75, 3.05) is 20.6 Å². The van der Waals surface area contributed by atoms with Crippen LogP contribution in [0, 0.1) is 5.92 Å². The summed E-state index contributed by atoms with van der Waals surface area (Å²) >= 11 is 0. The second-order valence-electron chi connectivity index (χ2n) is 4.63. The first-order valence-electron chi connectivity index (χ1n) is 5.79. The van der Waals surface area contributed by atoms with Gasteiger partial charge in [-0.25, -0.2) is 0 Å². The Labute approximate surface area is 98.6 Å². The highest BCUT2D eigenvalue weighted by molar-refractivity contribution is 5.86. The maximum absolute atomic E-state index is 12.1. The molecular formula is C12H24N2O2. The number of nitrogens with zero attached hydrogens (tertiary/aromatic N) is 2. The van der Waals surface area contributed by atoms with Crippen molar-refractivity contribution in [3.63, 3.8) is 0 Å². The fraction of sp³-hybridized carbons (Fsp3) is 0.833. The molecule has 0 fully saturated rings. The van der Waals surface area contributed by atoms with E-state index in [0.717, 1.165) is 0 Å². The predicted molar refractivity (Wildman–Crippen MR) is 65.0 cm³/mol. The molecule has 0 aromatic heterocycles. The molecule has 0 N–H and O–H groups in total. The first-order valence-corrected chi connectivity index (χ1v) is 5.79. The van der Waals surface area contributed by atoms with Crippen molar-refractivity contribution in [3.05, 3.63) is 0 Å². The lowest BCUT2D eigenvalue weighted by atomic mass is 10.0. The van der Waals surface area contributed by atoms with Crippen molar-refractivity contribution in [2.45, 2.75) is 40.2 Å². The van der Waals surface area contributed by atoms with Crippen molar-refractivity contribution in [1.29, 1.82) is 0 Å². The fourth-order valence-corrected chi connectivity index (χ4v) is 1.50. The summed E-state index contributed by atoms with van der Waals surface area (Å²) in [4.78, 5) is 26.6. The molecule has 0 spiro atoms. The Hall–Kier alpha value is -1.06.